The van der Waals surface area contributed by atoms with Gasteiger partial charge in [0, 0.05) is 99.2 Å². The minimum Gasteiger partial charge on any atom is -0.358 e. The van der Waals surface area contributed by atoms with Gasteiger partial charge in [0.25, 0.3) is 0 Å². The predicted molar refractivity (Wildman–Crippen MR) is 249 cm³/mol. The maximum Gasteiger partial charge on any atom is 2.00 e. The second-order valence-electron chi connectivity index (χ2n) is 17.5. The van der Waals surface area contributed by atoms with Crippen LogP contribution in [-0.2, 0) is 28.8 Å². The third-order valence-corrected chi connectivity index (χ3v) is 9.30. The number of unbranched alkanes of at least 4 members (excludes halogenated alkanes) is 6. The van der Waals surface area contributed by atoms with Crippen molar-refractivity contribution in [2.24, 2.45) is 35.5 Å². The molecule has 6 nitrogen and oxygen atoms in total. The molecule has 0 aromatic carbocycles. The predicted octanol–water partition coefficient (Wildman–Crippen LogP) is 14.8. The van der Waals surface area contributed by atoms with E-state index in [2.05, 4.69) is 41.5 Å². The fraction of sp³-hybridized carbons (Fsp3) is 0.804. The monoisotopic (exact) mass is 1520 g/mol. The molecule has 0 saturated heterocycles. The molecule has 0 N–H and O–H groups in total. The third-order valence-electron chi connectivity index (χ3n) is 9.30. The Hall–Kier alpha value is 1.18. The van der Waals surface area contributed by atoms with Crippen LogP contribution in [0, 0.1) is 156 Å². The number of ketones is 6. The van der Waals surface area contributed by atoms with Crippen LogP contribution in [0.15, 0.2) is 0 Å². The summed E-state index contributed by atoms with van der Waals surface area (Å²) in [7, 11) is 0. The zero-order valence-corrected chi connectivity index (χ0v) is 52.5. The van der Waals surface area contributed by atoms with Crippen LogP contribution in [-0.4, -0.2) is 34.7 Å². The molecular formula is C51H98O6U3-2. The summed E-state index contributed by atoms with van der Waals surface area (Å²) in [6.45, 7) is 24.8. The topological polar surface area (TPSA) is 102 Å². The van der Waals surface area contributed by atoms with Gasteiger partial charge in [0.05, 0.1) is 0 Å². The Bertz CT molecular complexity index is 866. The molecule has 9 heteroatoms. The molecule has 0 heterocycles. The molecule has 0 aliphatic rings. The van der Waals surface area contributed by atoms with Crippen molar-refractivity contribution >= 4 is 34.7 Å². The number of rotatable bonds is 33. The number of hydrogen-bond donors (Lipinski definition) is 0. The smallest absolute Gasteiger partial charge is 0.358 e. The molecule has 0 spiro atoms. The zero-order chi connectivity index (χ0) is 41.9. The minimum absolute atomic E-state index is 0. The fourth-order valence-electron chi connectivity index (χ4n) is 5.29. The van der Waals surface area contributed by atoms with Crippen molar-refractivity contribution in [3.63, 3.8) is 0 Å². The Labute approximate surface area is 447 Å². The molecular weight excluding hydrogens is 1420 g/mol. The maximum atomic E-state index is 11.6. The molecule has 0 unspecified atom stereocenters. The van der Waals surface area contributed by atoms with E-state index in [-0.39, 0.29) is 151 Å². The molecule has 0 radical (unpaired) electrons. The van der Waals surface area contributed by atoms with E-state index >= 15 is 0 Å². The third kappa shape index (κ3) is 65.8. The second kappa shape index (κ2) is 56.3. The summed E-state index contributed by atoms with van der Waals surface area (Å²) >= 11 is 0. The van der Waals surface area contributed by atoms with Crippen LogP contribution in [0.25, 0.3) is 0 Å². The van der Waals surface area contributed by atoms with Gasteiger partial charge in [0.1, 0.15) is 34.7 Å². The van der Waals surface area contributed by atoms with Crippen LogP contribution >= 0.6 is 0 Å². The van der Waals surface area contributed by atoms with Gasteiger partial charge in [0.2, 0.25) is 0 Å². The first-order valence-corrected chi connectivity index (χ1v) is 21.9. The zero-order valence-electron chi connectivity index (χ0n) is 40.0. The summed E-state index contributed by atoms with van der Waals surface area (Å²) in [6.07, 6.45) is 23.7. The van der Waals surface area contributed by atoms with Crippen LogP contribution in [0.4, 0.5) is 0 Å². The van der Waals surface area contributed by atoms with Gasteiger partial charge in [-0.2, -0.15) is 19.3 Å². The van der Waals surface area contributed by atoms with E-state index in [4.69, 9.17) is 0 Å². The fourth-order valence-corrected chi connectivity index (χ4v) is 5.29. The van der Waals surface area contributed by atoms with Crippen molar-refractivity contribution < 1.29 is 122 Å². The first-order chi connectivity index (χ1) is 25.3. The van der Waals surface area contributed by atoms with Crippen LogP contribution in [0.1, 0.15) is 233 Å². The first kappa shape index (κ1) is 81.4. The normalized spacial score (nSPS) is 10.1. The van der Waals surface area contributed by atoms with Gasteiger partial charge in [-0.25, -0.2) is 0 Å². The number of Topliss-reactive ketones (excluding diaryl/α,β-unsaturated/α-hetero) is 6. The van der Waals surface area contributed by atoms with Crippen molar-refractivity contribution in [2.45, 2.75) is 233 Å². The van der Waals surface area contributed by atoms with Crippen molar-refractivity contribution in [1.82, 2.24) is 0 Å². The SMILES string of the molecule is C.C.CC(C)CCCCC(=O)CC[CH-]CC(=O)C(C)C.CC(C)CCCCC(=O)C[CH-]CCC(=O)C(C)C.CC(C)CCCCC(=O)C[CH-]CCC(=O)C(C)C.[CH3-].[U+2].[U].[U]. The van der Waals surface area contributed by atoms with Crippen LogP contribution < -0.4 is 0 Å². The Kier molecular flexibility index (Phi) is 76.4. The second-order valence-corrected chi connectivity index (χ2v) is 17.5. The molecule has 0 bridgehead atoms. The van der Waals surface area contributed by atoms with Crippen LogP contribution in [0.5, 0.6) is 0 Å². The molecule has 0 saturated carbocycles. The summed E-state index contributed by atoms with van der Waals surface area (Å²) in [6, 6.07) is 0. The molecule has 60 heavy (non-hydrogen) atoms. The molecule has 0 amide bonds. The summed E-state index contributed by atoms with van der Waals surface area (Å²) < 4.78 is 0. The molecule has 0 atom stereocenters. The maximum absolute atomic E-state index is 11.6. The summed E-state index contributed by atoms with van der Waals surface area (Å²) in [4.78, 5) is 68.7. The molecule has 0 aliphatic heterocycles. The number of carbonyl (C=O) groups excluding carboxylic acids is 6. The van der Waals surface area contributed by atoms with Gasteiger partial charge >= 0.3 is 31.1 Å². The average molecular weight is 1520 g/mol. The van der Waals surface area contributed by atoms with E-state index in [9.17, 15) is 28.8 Å². The number of carbonyl (C=O) groups is 6. The van der Waals surface area contributed by atoms with Gasteiger partial charge in [-0.15, -0.1) is 19.3 Å². The van der Waals surface area contributed by atoms with Crippen molar-refractivity contribution in [2.75, 3.05) is 0 Å². The van der Waals surface area contributed by atoms with Gasteiger partial charge in [-0.1, -0.05) is 136 Å². The van der Waals surface area contributed by atoms with Crippen molar-refractivity contribution in [1.29, 1.82) is 0 Å². The van der Waals surface area contributed by atoms with E-state index in [1.807, 2.05) is 60.8 Å². The Balaban J connectivity index is -0.0000000885. The molecule has 0 fully saturated rings. The molecule has 0 rings (SSSR count). The largest absolute Gasteiger partial charge is 2.00 e. The minimum atomic E-state index is 0. The Morgan fingerprint density at radius 2 is 0.633 bits per heavy atom. The van der Waals surface area contributed by atoms with Gasteiger partial charge < -0.3 is 41.1 Å². The Morgan fingerprint density at radius 3 is 0.917 bits per heavy atom. The van der Waals surface area contributed by atoms with E-state index in [0.29, 0.717) is 75.1 Å². The summed E-state index contributed by atoms with van der Waals surface area (Å²) in [5, 5.41) is 0. The number of hydrogen-bond acceptors (Lipinski definition) is 6. The molecule has 352 valence electrons. The van der Waals surface area contributed by atoms with E-state index in [0.717, 1.165) is 75.5 Å². The van der Waals surface area contributed by atoms with Gasteiger partial charge in [0.15, 0.2) is 0 Å². The van der Waals surface area contributed by atoms with E-state index in [1.54, 1.807) is 0 Å². The van der Waals surface area contributed by atoms with E-state index < -0.39 is 0 Å². The van der Waals surface area contributed by atoms with Gasteiger partial charge in [-0.05, 0) is 56.3 Å². The summed E-state index contributed by atoms with van der Waals surface area (Å²) in [5.41, 5.74) is 0. The van der Waals surface area contributed by atoms with E-state index in [1.165, 1.54) is 19.3 Å². The molecule has 0 aromatic rings. The summed E-state index contributed by atoms with van der Waals surface area (Å²) in [5.74, 6) is 4.34. The van der Waals surface area contributed by atoms with Crippen LogP contribution in [0.3, 0.4) is 0 Å². The first-order valence-electron chi connectivity index (χ1n) is 21.9. The Morgan fingerprint density at radius 1 is 0.367 bits per heavy atom. The quantitative estimate of drug-likeness (QED) is 0.0479. The van der Waals surface area contributed by atoms with Gasteiger partial charge in [-0.3, -0.25) is 14.4 Å². The average Bonchev–Trinajstić information content (AvgIpc) is 3.09. The van der Waals surface area contributed by atoms with Crippen LogP contribution in [0.2, 0.25) is 0 Å². The van der Waals surface area contributed by atoms with Crippen molar-refractivity contribution in [3.05, 3.63) is 26.7 Å². The molecule has 0 aliphatic carbocycles. The molecule has 0 aromatic heterocycles. The van der Waals surface area contributed by atoms with Crippen molar-refractivity contribution in [3.8, 4) is 0 Å². The standard InChI is InChI=1S/3C16H29O2.2CH4.CH3.3U/c3*1-13(2)9-5-6-10-15(17)11-7-8-12-16(18)14(3)4;;;;;;/h8,13-14H,5-7,9-12H2,1-4H3;2*7,13-14H,5-6,8-12H2,1-4H3;2*1H4;1H3;;;/q3*-1;;;-1;;;+2.